The van der Waals surface area contributed by atoms with Crippen LogP contribution in [-0.4, -0.2) is 24.4 Å². The molecule has 0 bridgehead atoms. The highest BCUT2D eigenvalue weighted by atomic mass is 35.5. The Hall–Kier alpha value is -2.30. The first kappa shape index (κ1) is 17.5. The molecule has 1 heterocycles. The molecule has 3 aromatic rings. The molecular formula is C20H21ClN2O2. The molecule has 0 radical (unpaired) electrons. The van der Waals surface area contributed by atoms with Crippen LogP contribution < -0.4 is 5.32 Å². The molecule has 130 valence electrons. The molecule has 0 saturated carbocycles. The predicted molar refractivity (Wildman–Crippen MR) is 101 cm³/mol. The van der Waals surface area contributed by atoms with Gasteiger partial charge in [-0.3, -0.25) is 9.69 Å². The molecule has 0 spiro atoms. The molecular weight excluding hydrogens is 336 g/mol. The lowest BCUT2D eigenvalue weighted by Crippen LogP contribution is -2.36. The van der Waals surface area contributed by atoms with Gasteiger partial charge in [-0.15, -0.1) is 0 Å². The van der Waals surface area contributed by atoms with Gasteiger partial charge in [-0.05, 0) is 43.8 Å². The number of furan rings is 1. The first-order valence-corrected chi connectivity index (χ1v) is 8.60. The van der Waals surface area contributed by atoms with E-state index < -0.39 is 0 Å². The van der Waals surface area contributed by atoms with Crippen molar-refractivity contribution in [3.05, 3.63) is 70.9 Å². The highest BCUT2D eigenvalue weighted by molar-refractivity contribution is 6.30. The van der Waals surface area contributed by atoms with Gasteiger partial charge >= 0.3 is 0 Å². The van der Waals surface area contributed by atoms with Gasteiger partial charge in [-0.2, -0.15) is 0 Å². The van der Waals surface area contributed by atoms with Crippen LogP contribution in [0.3, 0.4) is 0 Å². The van der Waals surface area contributed by atoms with Gasteiger partial charge in [0.1, 0.15) is 11.3 Å². The summed E-state index contributed by atoms with van der Waals surface area (Å²) in [5.41, 5.74) is 1.91. The van der Waals surface area contributed by atoms with Crippen molar-refractivity contribution in [1.29, 1.82) is 0 Å². The van der Waals surface area contributed by atoms with E-state index in [-0.39, 0.29) is 11.9 Å². The average molecular weight is 357 g/mol. The van der Waals surface area contributed by atoms with E-state index in [0.717, 1.165) is 22.3 Å². The maximum atomic E-state index is 12.3. The van der Waals surface area contributed by atoms with Crippen molar-refractivity contribution in [3.8, 4) is 0 Å². The molecule has 1 N–H and O–H groups in total. The van der Waals surface area contributed by atoms with Gasteiger partial charge in [-0.25, -0.2) is 0 Å². The monoisotopic (exact) mass is 356 g/mol. The Morgan fingerprint density at radius 1 is 1.20 bits per heavy atom. The zero-order valence-electron chi connectivity index (χ0n) is 14.3. The summed E-state index contributed by atoms with van der Waals surface area (Å²) in [6.45, 7) is 2.89. The first-order chi connectivity index (χ1) is 12.0. The largest absolute Gasteiger partial charge is 0.459 e. The minimum atomic E-state index is -0.181. The Bertz CT molecular complexity index is 842. The number of fused-ring (bicyclic) bond motifs is 1. The zero-order valence-corrected chi connectivity index (χ0v) is 15.1. The van der Waals surface area contributed by atoms with Crippen molar-refractivity contribution < 1.29 is 9.21 Å². The molecule has 3 rings (SSSR count). The number of nitrogens with one attached hydrogen (secondary N) is 1. The van der Waals surface area contributed by atoms with Crippen LogP contribution in [0.25, 0.3) is 11.0 Å². The van der Waals surface area contributed by atoms with Gasteiger partial charge < -0.3 is 9.73 Å². The van der Waals surface area contributed by atoms with Gasteiger partial charge in [-0.1, -0.05) is 41.9 Å². The Morgan fingerprint density at radius 3 is 2.76 bits per heavy atom. The Morgan fingerprint density at radius 2 is 2.00 bits per heavy atom. The SMILES string of the molecule is CC(NC(=O)CN(C)Cc1cccc(Cl)c1)c1cc2ccccc2o1. The van der Waals surface area contributed by atoms with E-state index >= 15 is 0 Å². The summed E-state index contributed by atoms with van der Waals surface area (Å²) in [6.07, 6.45) is 0. The highest BCUT2D eigenvalue weighted by Gasteiger charge is 2.15. The molecule has 1 atom stereocenters. The van der Waals surface area contributed by atoms with Crippen LogP contribution in [0.4, 0.5) is 0 Å². The van der Waals surface area contributed by atoms with Gasteiger partial charge in [0.25, 0.3) is 0 Å². The smallest absolute Gasteiger partial charge is 0.234 e. The number of likely N-dealkylation sites (N-methyl/N-ethyl adjacent to an activating group) is 1. The summed E-state index contributed by atoms with van der Waals surface area (Å²) in [6, 6.07) is 17.3. The molecule has 0 aliphatic heterocycles. The summed E-state index contributed by atoms with van der Waals surface area (Å²) in [5, 5.41) is 4.73. The summed E-state index contributed by atoms with van der Waals surface area (Å²) < 4.78 is 5.80. The van der Waals surface area contributed by atoms with Crippen molar-refractivity contribution >= 4 is 28.5 Å². The Kier molecular flexibility index (Phi) is 5.41. The lowest BCUT2D eigenvalue weighted by Gasteiger charge is -2.18. The molecule has 1 amide bonds. The third kappa shape index (κ3) is 4.62. The maximum Gasteiger partial charge on any atom is 0.234 e. The van der Waals surface area contributed by atoms with E-state index in [1.807, 2.05) is 73.5 Å². The van der Waals surface area contributed by atoms with Crippen molar-refractivity contribution in [2.24, 2.45) is 0 Å². The Balaban J connectivity index is 1.56. The van der Waals surface area contributed by atoms with Crippen LogP contribution >= 0.6 is 11.6 Å². The zero-order chi connectivity index (χ0) is 17.8. The van der Waals surface area contributed by atoms with Gasteiger partial charge in [0.2, 0.25) is 5.91 Å². The number of carbonyl (C=O) groups excluding carboxylic acids is 1. The number of rotatable bonds is 6. The standard InChI is InChI=1S/C20H21ClN2O2/c1-14(19-11-16-7-3-4-9-18(16)25-19)22-20(24)13-23(2)12-15-6-5-8-17(21)10-15/h3-11,14H,12-13H2,1-2H3,(H,22,24). The summed E-state index contributed by atoms with van der Waals surface area (Å²) in [4.78, 5) is 14.2. The predicted octanol–water partition coefficient (Wildman–Crippen LogP) is 4.40. The van der Waals surface area contributed by atoms with Crippen molar-refractivity contribution in [1.82, 2.24) is 10.2 Å². The van der Waals surface area contributed by atoms with Crippen LogP contribution in [0.1, 0.15) is 24.3 Å². The van der Waals surface area contributed by atoms with Crippen LogP contribution in [0.5, 0.6) is 0 Å². The number of nitrogens with zero attached hydrogens (tertiary/aromatic N) is 1. The summed E-state index contributed by atoms with van der Waals surface area (Å²) in [7, 11) is 1.91. The van der Waals surface area contributed by atoms with Gasteiger partial charge in [0.15, 0.2) is 0 Å². The van der Waals surface area contributed by atoms with Crippen molar-refractivity contribution in [2.75, 3.05) is 13.6 Å². The molecule has 25 heavy (non-hydrogen) atoms. The number of para-hydroxylation sites is 1. The van der Waals surface area contributed by atoms with E-state index in [1.54, 1.807) is 0 Å². The molecule has 1 aromatic heterocycles. The fraction of sp³-hybridized carbons (Fsp3) is 0.250. The number of amides is 1. The number of benzene rings is 2. The van der Waals surface area contributed by atoms with Crippen molar-refractivity contribution in [2.45, 2.75) is 19.5 Å². The number of halogens is 1. The van der Waals surface area contributed by atoms with E-state index in [2.05, 4.69) is 5.32 Å². The van der Waals surface area contributed by atoms with Gasteiger partial charge in [0.05, 0.1) is 12.6 Å². The summed E-state index contributed by atoms with van der Waals surface area (Å²) >= 11 is 6.00. The van der Waals surface area contributed by atoms with Gasteiger partial charge in [0, 0.05) is 17.0 Å². The van der Waals surface area contributed by atoms with E-state index in [0.29, 0.717) is 18.1 Å². The van der Waals surface area contributed by atoms with Crippen LogP contribution in [0, 0.1) is 0 Å². The fourth-order valence-electron chi connectivity index (χ4n) is 2.82. The molecule has 0 aliphatic rings. The number of hydrogen-bond acceptors (Lipinski definition) is 3. The topological polar surface area (TPSA) is 45.5 Å². The number of carbonyl (C=O) groups is 1. The molecule has 0 fully saturated rings. The average Bonchev–Trinajstić information content (AvgIpc) is 2.98. The van der Waals surface area contributed by atoms with Crippen molar-refractivity contribution in [3.63, 3.8) is 0 Å². The molecule has 0 aliphatic carbocycles. The molecule has 1 unspecified atom stereocenters. The third-order valence-electron chi connectivity index (χ3n) is 4.00. The van der Waals surface area contributed by atoms with E-state index in [9.17, 15) is 4.79 Å². The Labute approximate surface area is 152 Å². The van der Waals surface area contributed by atoms with Crippen LogP contribution in [0.15, 0.2) is 59.0 Å². The maximum absolute atomic E-state index is 12.3. The van der Waals surface area contributed by atoms with E-state index in [1.165, 1.54) is 0 Å². The second-order valence-electron chi connectivity index (χ2n) is 6.28. The first-order valence-electron chi connectivity index (χ1n) is 8.22. The minimum absolute atomic E-state index is 0.0440. The summed E-state index contributed by atoms with van der Waals surface area (Å²) in [5.74, 6) is 0.713. The molecule has 4 nitrogen and oxygen atoms in total. The lowest BCUT2D eigenvalue weighted by atomic mass is 10.2. The molecule has 2 aromatic carbocycles. The molecule has 5 heteroatoms. The lowest BCUT2D eigenvalue weighted by molar-refractivity contribution is -0.122. The van der Waals surface area contributed by atoms with E-state index in [4.69, 9.17) is 16.0 Å². The quantitative estimate of drug-likeness (QED) is 0.712. The fourth-order valence-corrected chi connectivity index (χ4v) is 3.03. The highest BCUT2D eigenvalue weighted by Crippen LogP contribution is 2.23. The normalized spacial score (nSPS) is 12.5. The second-order valence-corrected chi connectivity index (χ2v) is 6.71. The third-order valence-corrected chi connectivity index (χ3v) is 4.24. The van der Waals surface area contributed by atoms with Crippen LogP contribution in [-0.2, 0) is 11.3 Å². The minimum Gasteiger partial charge on any atom is -0.459 e. The molecule has 0 saturated heterocycles. The van der Waals surface area contributed by atoms with Crippen LogP contribution in [0.2, 0.25) is 5.02 Å². The number of hydrogen-bond donors (Lipinski definition) is 1. The second kappa shape index (κ2) is 7.72.